The van der Waals surface area contributed by atoms with E-state index in [1.165, 1.54) is 6.42 Å². The third-order valence-electron chi connectivity index (χ3n) is 4.56. The molecule has 1 amide bonds. The molecule has 2 unspecified atom stereocenters. The lowest BCUT2D eigenvalue weighted by atomic mass is 9.92. The van der Waals surface area contributed by atoms with Crippen LogP contribution in [0.4, 0.5) is 0 Å². The number of nitrogens with zero attached hydrogens (tertiary/aromatic N) is 2. The van der Waals surface area contributed by atoms with Crippen molar-refractivity contribution in [2.45, 2.75) is 51.2 Å². The molecule has 118 valence electrons. The molecule has 22 heavy (non-hydrogen) atoms. The molecular weight excluding hydrogens is 300 g/mol. The van der Waals surface area contributed by atoms with Crippen molar-refractivity contribution in [3.8, 4) is 0 Å². The number of likely N-dealkylation sites (tertiary alicyclic amines) is 1. The Hall–Kier alpha value is -1.55. The van der Waals surface area contributed by atoms with Gasteiger partial charge in [-0.15, -0.1) is 0 Å². The lowest BCUT2D eigenvalue weighted by molar-refractivity contribution is -0.156. The molecule has 0 N–H and O–H groups in total. The standard InChI is InChI=1S/C17H21ClN2O2/c1-12-7-5-6-10-20(12)16(21)17(2)11-15(19-22-17)13-8-3-4-9-14(13)18/h3-4,8-9,12H,5-7,10-11H2,1-2H3. The van der Waals surface area contributed by atoms with Crippen LogP contribution >= 0.6 is 11.6 Å². The summed E-state index contributed by atoms with van der Waals surface area (Å²) >= 11 is 6.22. The van der Waals surface area contributed by atoms with Gasteiger partial charge in [0.05, 0.1) is 5.71 Å². The minimum atomic E-state index is -0.917. The van der Waals surface area contributed by atoms with Gasteiger partial charge in [-0.05, 0) is 39.2 Å². The number of carbonyl (C=O) groups is 1. The normalized spacial score (nSPS) is 28.2. The number of halogens is 1. The molecule has 2 aliphatic rings. The van der Waals surface area contributed by atoms with Crippen molar-refractivity contribution in [3.05, 3.63) is 34.9 Å². The molecule has 1 aromatic rings. The van der Waals surface area contributed by atoms with Gasteiger partial charge < -0.3 is 9.74 Å². The van der Waals surface area contributed by atoms with Gasteiger partial charge in [0.25, 0.3) is 5.91 Å². The summed E-state index contributed by atoms with van der Waals surface area (Å²) in [7, 11) is 0. The van der Waals surface area contributed by atoms with Crippen molar-refractivity contribution in [2.24, 2.45) is 5.16 Å². The topological polar surface area (TPSA) is 41.9 Å². The van der Waals surface area contributed by atoms with Crippen LogP contribution in [0.1, 0.15) is 45.1 Å². The zero-order chi connectivity index (χ0) is 15.7. The third kappa shape index (κ3) is 2.72. The maximum absolute atomic E-state index is 12.9. The van der Waals surface area contributed by atoms with Crippen molar-refractivity contribution >= 4 is 23.2 Å². The Kier molecular flexibility index (Phi) is 4.13. The zero-order valence-electron chi connectivity index (χ0n) is 13.0. The first-order valence-electron chi connectivity index (χ1n) is 7.82. The summed E-state index contributed by atoms with van der Waals surface area (Å²) in [6.45, 7) is 4.73. The van der Waals surface area contributed by atoms with Crippen molar-refractivity contribution in [1.29, 1.82) is 0 Å². The Labute approximate surface area is 136 Å². The van der Waals surface area contributed by atoms with E-state index in [4.69, 9.17) is 16.4 Å². The highest BCUT2D eigenvalue weighted by Gasteiger charge is 2.46. The van der Waals surface area contributed by atoms with E-state index < -0.39 is 5.60 Å². The van der Waals surface area contributed by atoms with E-state index in [-0.39, 0.29) is 11.9 Å². The molecule has 0 aromatic heterocycles. The number of carbonyl (C=O) groups excluding carboxylic acids is 1. The number of oxime groups is 1. The van der Waals surface area contributed by atoms with Crippen LogP contribution in [0.3, 0.4) is 0 Å². The summed E-state index contributed by atoms with van der Waals surface area (Å²) in [5.74, 6) is 0.0329. The van der Waals surface area contributed by atoms with Gasteiger partial charge in [-0.2, -0.15) is 0 Å². The molecule has 0 spiro atoms. The van der Waals surface area contributed by atoms with Gasteiger partial charge in [0, 0.05) is 29.6 Å². The second-order valence-corrected chi connectivity index (χ2v) is 6.77. The van der Waals surface area contributed by atoms with Crippen molar-refractivity contribution < 1.29 is 9.63 Å². The van der Waals surface area contributed by atoms with Crippen LogP contribution in [0.2, 0.25) is 5.02 Å². The molecule has 2 aliphatic heterocycles. The summed E-state index contributed by atoms with van der Waals surface area (Å²) in [6.07, 6.45) is 3.76. The van der Waals surface area contributed by atoms with Crippen LogP contribution in [0.5, 0.6) is 0 Å². The second kappa shape index (κ2) is 5.92. The number of hydrogen-bond acceptors (Lipinski definition) is 3. The smallest absolute Gasteiger partial charge is 0.269 e. The number of amides is 1. The van der Waals surface area contributed by atoms with Gasteiger partial charge in [-0.1, -0.05) is 35.0 Å². The molecule has 5 heteroatoms. The van der Waals surface area contributed by atoms with Gasteiger partial charge in [0.1, 0.15) is 0 Å². The quantitative estimate of drug-likeness (QED) is 0.835. The van der Waals surface area contributed by atoms with Crippen LogP contribution in [-0.2, 0) is 9.63 Å². The van der Waals surface area contributed by atoms with E-state index in [0.29, 0.717) is 11.4 Å². The predicted molar refractivity (Wildman–Crippen MR) is 87.1 cm³/mol. The molecule has 4 nitrogen and oxygen atoms in total. The lowest BCUT2D eigenvalue weighted by Gasteiger charge is -2.37. The Balaban J connectivity index is 1.77. The van der Waals surface area contributed by atoms with E-state index in [2.05, 4.69) is 12.1 Å². The number of piperidine rings is 1. The zero-order valence-corrected chi connectivity index (χ0v) is 13.8. The van der Waals surface area contributed by atoms with Gasteiger partial charge >= 0.3 is 0 Å². The fraction of sp³-hybridized carbons (Fsp3) is 0.529. The molecule has 2 heterocycles. The maximum atomic E-state index is 12.9. The summed E-state index contributed by atoms with van der Waals surface area (Å²) in [5, 5.41) is 4.78. The monoisotopic (exact) mass is 320 g/mol. The van der Waals surface area contributed by atoms with Crippen LogP contribution in [0.15, 0.2) is 29.4 Å². The average molecular weight is 321 g/mol. The van der Waals surface area contributed by atoms with E-state index in [1.54, 1.807) is 0 Å². The Morgan fingerprint density at radius 3 is 2.91 bits per heavy atom. The molecule has 1 saturated heterocycles. The molecule has 1 aromatic carbocycles. The van der Waals surface area contributed by atoms with Gasteiger partial charge in [0.2, 0.25) is 5.60 Å². The van der Waals surface area contributed by atoms with Crippen molar-refractivity contribution in [2.75, 3.05) is 6.54 Å². The summed E-state index contributed by atoms with van der Waals surface area (Å²) < 4.78 is 0. The fourth-order valence-corrected chi connectivity index (χ4v) is 3.44. The summed E-state index contributed by atoms with van der Waals surface area (Å²) in [5.41, 5.74) is 0.665. The highest BCUT2D eigenvalue weighted by atomic mass is 35.5. The minimum Gasteiger partial charge on any atom is -0.379 e. The molecule has 3 rings (SSSR count). The first kappa shape index (κ1) is 15.3. The SMILES string of the molecule is CC1CCCCN1C(=O)C1(C)CC(c2ccccc2Cl)=NO1. The summed E-state index contributed by atoms with van der Waals surface area (Å²) in [6, 6.07) is 7.79. The second-order valence-electron chi connectivity index (χ2n) is 6.36. The van der Waals surface area contributed by atoms with Crippen LogP contribution < -0.4 is 0 Å². The Morgan fingerprint density at radius 2 is 2.18 bits per heavy atom. The summed E-state index contributed by atoms with van der Waals surface area (Å²) in [4.78, 5) is 20.4. The minimum absolute atomic E-state index is 0.0329. The van der Waals surface area contributed by atoms with Crippen LogP contribution in [0.25, 0.3) is 0 Å². The van der Waals surface area contributed by atoms with Gasteiger partial charge in [-0.25, -0.2) is 0 Å². The average Bonchev–Trinajstić information content (AvgIpc) is 2.91. The molecule has 0 saturated carbocycles. The number of hydrogen-bond donors (Lipinski definition) is 0. The lowest BCUT2D eigenvalue weighted by Crippen LogP contribution is -2.52. The van der Waals surface area contributed by atoms with Crippen LogP contribution in [-0.4, -0.2) is 34.7 Å². The highest BCUT2D eigenvalue weighted by Crippen LogP contribution is 2.32. The van der Waals surface area contributed by atoms with E-state index in [9.17, 15) is 4.79 Å². The highest BCUT2D eigenvalue weighted by molar-refractivity contribution is 6.34. The van der Waals surface area contributed by atoms with Gasteiger partial charge in [0.15, 0.2) is 0 Å². The molecule has 0 radical (unpaired) electrons. The molecular formula is C17H21ClN2O2. The number of benzene rings is 1. The molecule has 2 atom stereocenters. The maximum Gasteiger partial charge on any atom is 0.269 e. The van der Waals surface area contributed by atoms with E-state index in [0.717, 1.165) is 30.7 Å². The van der Waals surface area contributed by atoms with Gasteiger partial charge in [-0.3, -0.25) is 4.79 Å². The largest absolute Gasteiger partial charge is 0.379 e. The first-order valence-corrected chi connectivity index (χ1v) is 8.20. The van der Waals surface area contributed by atoms with E-state index in [1.807, 2.05) is 36.1 Å². The number of rotatable bonds is 2. The van der Waals surface area contributed by atoms with Crippen molar-refractivity contribution in [3.63, 3.8) is 0 Å². The van der Waals surface area contributed by atoms with Crippen LogP contribution in [0, 0.1) is 0 Å². The Bertz CT molecular complexity index is 616. The Morgan fingerprint density at radius 1 is 1.41 bits per heavy atom. The van der Waals surface area contributed by atoms with Crippen molar-refractivity contribution in [1.82, 2.24) is 4.90 Å². The molecule has 0 bridgehead atoms. The first-order chi connectivity index (χ1) is 10.5. The predicted octanol–water partition coefficient (Wildman–Crippen LogP) is 3.62. The molecule has 1 fully saturated rings. The fourth-order valence-electron chi connectivity index (χ4n) is 3.20. The van der Waals surface area contributed by atoms with E-state index >= 15 is 0 Å². The molecule has 0 aliphatic carbocycles. The third-order valence-corrected chi connectivity index (χ3v) is 4.89.